The number of likely N-dealkylation sites (N-methyl/N-ethyl adjacent to an activating group) is 1. The van der Waals surface area contributed by atoms with E-state index in [0.29, 0.717) is 25.4 Å². The van der Waals surface area contributed by atoms with Crippen molar-refractivity contribution in [1.82, 2.24) is 9.80 Å². The summed E-state index contributed by atoms with van der Waals surface area (Å²) in [4.78, 5) is 25.3. The molecule has 20 heavy (non-hydrogen) atoms. The van der Waals surface area contributed by atoms with Crippen LogP contribution in [0.4, 0.5) is 5.69 Å². The lowest BCUT2D eigenvalue weighted by atomic mass is 10.1. The Bertz CT molecular complexity index is 495. The predicted octanol–water partition coefficient (Wildman–Crippen LogP) is 0.746. The first-order valence-corrected chi connectivity index (χ1v) is 6.29. The number of carbonyl (C=O) groups is 1. The fraction of sp³-hybridized carbons (Fsp3) is 0.462. The minimum absolute atomic E-state index is 0.0359. The zero-order valence-corrected chi connectivity index (χ0v) is 11.5. The van der Waals surface area contributed by atoms with Crippen molar-refractivity contribution in [2.24, 2.45) is 0 Å². The van der Waals surface area contributed by atoms with Crippen LogP contribution in [-0.4, -0.2) is 60.5 Å². The van der Waals surface area contributed by atoms with Crippen LogP contribution >= 0.6 is 0 Å². The Kier molecular flexibility index (Phi) is 4.19. The van der Waals surface area contributed by atoms with E-state index >= 15 is 0 Å². The number of benzene rings is 1. The Morgan fingerprint density at radius 1 is 1.40 bits per heavy atom. The van der Waals surface area contributed by atoms with E-state index in [1.54, 1.807) is 17.0 Å². The van der Waals surface area contributed by atoms with Gasteiger partial charge in [-0.25, -0.2) is 0 Å². The molecule has 0 radical (unpaired) electrons. The molecule has 1 saturated heterocycles. The van der Waals surface area contributed by atoms with E-state index in [-0.39, 0.29) is 17.7 Å². The average Bonchev–Trinajstić information content (AvgIpc) is 2.32. The summed E-state index contributed by atoms with van der Waals surface area (Å²) in [6.45, 7) is 1.51. The number of nitro groups is 1. The van der Waals surface area contributed by atoms with Crippen LogP contribution in [0.5, 0.6) is 5.75 Å². The fourth-order valence-electron chi connectivity index (χ4n) is 1.93. The van der Waals surface area contributed by atoms with Crippen LogP contribution in [0.2, 0.25) is 0 Å². The third kappa shape index (κ3) is 3.45. The van der Waals surface area contributed by atoms with Crippen LogP contribution in [0.3, 0.4) is 0 Å². The number of hydrogen-bond donors (Lipinski definition) is 0. The van der Waals surface area contributed by atoms with Crippen molar-refractivity contribution in [2.45, 2.75) is 6.10 Å². The molecule has 1 aliphatic rings. The Balaban J connectivity index is 1.79. The molecule has 1 fully saturated rings. The van der Waals surface area contributed by atoms with Gasteiger partial charge < -0.3 is 14.5 Å². The van der Waals surface area contributed by atoms with Gasteiger partial charge in [0.05, 0.1) is 24.6 Å². The monoisotopic (exact) mass is 279 g/mol. The topological polar surface area (TPSA) is 75.9 Å². The molecule has 0 atom stereocenters. The summed E-state index contributed by atoms with van der Waals surface area (Å²) in [6, 6.07) is 5.96. The van der Waals surface area contributed by atoms with E-state index in [1.807, 2.05) is 19.0 Å². The number of nitro benzene ring substituents is 1. The molecule has 1 aromatic carbocycles. The third-order valence-corrected chi connectivity index (χ3v) is 3.00. The van der Waals surface area contributed by atoms with E-state index in [0.717, 1.165) is 0 Å². The molecule has 1 heterocycles. The third-order valence-electron chi connectivity index (χ3n) is 3.00. The molecule has 0 aliphatic carbocycles. The maximum atomic E-state index is 11.7. The standard InChI is InChI=1S/C13H17N3O4/c1-14(2)9-13(17)15-7-12(8-15)20-11-5-3-10(4-6-11)16(18)19/h3-6,12H,7-9H2,1-2H3. The molecule has 0 bridgehead atoms. The first-order valence-electron chi connectivity index (χ1n) is 6.29. The molecule has 0 N–H and O–H groups in total. The number of likely N-dealkylation sites (tertiary alicyclic amines) is 1. The summed E-state index contributed by atoms with van der Waals surface area (Å²) < 4.78 is 5.64. The van der Waals surface area contributed by atoms with Gasteiger partial charge in [0, 0.05) is 12.1 Å². The predicted molar refractivity (Wildman–Crippen MR) is 72.6 cm³/mol. The van der Waals surface area contributed by atoms with E-state index < -0.39 is 4.92 Å². The fourth-order valence-corrected chi connectivity index (χ4v) is 1.93. The highest BCUT2D eigenvalue weighted by Crippen LogP contribution is 2.21. The highest BCUT2D eigenvalue weighted by molar-refractivity contribution is 5.79. The largest absolute Gasteiger partial charge is 0.487 e. The highest BCUT2D eigenvalue weighted by atomic mass is 16.6. The van der Waals surface area contributed by atoms with Gasteiger partial charge in [-0.2, -0.15) is 0 Å². The lowest BCUT2D eigenvalue weighted by Crippen LogP contribution is -2.57. The average molecular weight is 279 g/mol. The summed E-state index contributed by atoms with van der Waals surface area (Å²) >= 11 is 0. The summed E-state index contributed by atoms with van der Waals surface area (Å²) in [5.41, 5.74) is 0.0359. The molecule has 0 saturated carbocycles. The Morgan fingerprint density at radius 2 is 2.00 bits per heavy atom. The zero-order chi connectivity index (χ0) is 14.7. The molecule has 1 aromatic rings. The summed E-state index contributed by atoms with van der Waals surface area (Å²) in [6.07, 6.45) is -0.0393. The van der Waals surface area contributed by atoms with E-state index in [2.05, 4.69) is 0 Å². The maximum Gasteiger partial charge on any atom is 0.269 e. The molecular weight excluding hydrogens is 262 g/mol. The highest BCUT2D eigenvalue weighted by Gasteiger charge is 2.32. The van der Waals surface area contributed by atoms with Gasteiger partial charge in [-0.3, -0.25) is 14.9 Å². The van der Waals surface area contributed by atoms with E-state index in [1.165, 1.54) is 12.1 Å². The first kappa shape index (κ1) is 14.3. The van der Waals surface area contributed by atoms with Crippen LogP contribution < -0.4 is 4.74 Å². The minimum Gasteiger partial charge on any atom is -0.487 e. The van der Waals surface area contributed by atoms with Crippen molar-refractivity contribution in [1.29, 1.82) is 0 Å². The lowest BCUT2D eigenvalue weighted by molar-refractivity contribution is -0.384. The number of hydrogen-bond acceptors (Lipinski definition) is 5. The van der Waals surface area contributed by atoms with Crippen molar-refractivity contribution in [3.05, 3.63) is 34.4 Å². The number of amides is 1. The van der Waals surface area contributed by atoms with E-state index in [4.69, 9.17) is 4.74 Å². The van der Waals surface area contributed by atoms with Crippen LogP contribution in [-0.2, 0) is 4.79 Å². The maximum absolute atomic E-state index is 11.7. The summed E-state index contributed by atoms with van der Waals surface area (Å²) in [7, 11) is 3.70. The number of non-ortho nitro benzene ring substituents is 1. The Labute approximate surface area is 116 Å². The van der Waals surface area contributed by atoms with Crippen molar-refractivity contribution >= 4 is 11.6 Å². The Hall–Kier alpha value is -2.15. The molecule has 108 valence electrons. The summed E-state index contributed by atoms with van der Waals surface area (Å²) in [5, 5.41) is 10.5. The molecule has 7 heteroatoms. The molecule has 0 aromatic heterocycles. The van der Waals surface area contributed by atoms with Crippen LogP contribution in [0, 0.1) is 10.1 Å². The van der Waals surface area contributed by atoms with Gasteiger partial charge in [-0.1, -0.05) is 0 Å². The second-order valence-electron chi connectivity index (χ2n) is 5.03. The quantitative estimate of drug-likeness (QED) is 0.587. The molecule has 7 nitrogen and oxygen atoms in total. The number of carbonyl (C=O) groups excluding carboxylic acids is 1. The first-order chi connectivity index (χ1) is 9.45. The van der Waals surface area contributed by atoms with Gasteiger partial charge in [0.15, 0.2) is 0 Å². The smallest absolute Gasteiger partial charge is 0.269 e. The molecular formula is C13H17N3O4. The summed E-state index contributed by atoms with van der Waals surface area (Å²) in [5.74, 6) is 0.666. The number of ether oxygens (including phenoxy) is 1. The van der Waals surface area contributed by atoms with Crippen LogP contribution in [0.25, 0.3) is 0 Å². The minimum atomic E-state index is -0.450. The molecule has 0 unspecified atom stereocenters. The van der Waals surface area contributed by atoms with Crippen molar-refractivity contribution in [3.63, 3.8) is 0 Å². The van der Waals surface area contributed by atoms with E-state index in [9.17, 15) is 14.9 Å². The van der Waals surface area contributed by atoms with Gasteiger partial charge in [0.1, 0.15) is 11.9 Å². The molecule has 2 rings (SSSR count). The van der Waals surface area contributed by atoms with Crippen LogP contribution in [0.15, 0.2) is 24.3 Å². The normalized spacial score (nSPS) is 15.1. The zero-order valence-electron chi connectivity index (χ0n) is 11.5. The van der Waals surface area contributed by atoms with Gasteiger partial charge >= 0.3 is 0 Å². The van der Waals surface area contributed by atoms with Crippen LogP contribution in [0.1, 0.15) is 0 Å². The molecule has 0 spiro atoms. The number of rotatable bonds is 5. The van der Waals surface area contributed by atoms with Gasteiger partial charge in [0.25, 0.3) is 5.69 Å². The Morgan fingerprint density at radius 3 is 2.50 bits per heavy atom. The van der Waals surface area contributed by atoms with Gasteiger partial charge in [0.2, 0.25) is 5.91 Å². The van der Waals surface area contributed by atoms with Crippen molar-refractivity contribution < 1.29 is 14.5 Å². The molecule has 1 amide bonds. The van der Waals surface area contributed by atoms with Crippen molar-refractivity contribution in [2.75, 3.05) is 33.7 Å². The van der Waals surface area contributed by atoms with Gasteiger partial charge in [-0.15, -0.1) is 0 Å². The second-order valence-corrected chi connectivity index (χ2v) is 5.03. The lowest BCUT2D eigenvalue weighted by Gasteiger charge is -2.39. The number of nitrogens with zero attached hydrogens (tertiary/aromatic N) is 3. The molecule has 1 aliphatic heterocycles. The van der Waals surface area contributed by atoms with Crippen molar-refractivity contribution in [3.8, 4) is 5.75 Å². The van der Waals surface area contributed by atoms with Gasteiger partial charge in [-0.05, 0) is 26.2 Å². The second kappa shape index (κ2) is 5.87. The SMILES string of the molecule is CN(C)CC(=O)N1CC(Oc2ccc([N+](=O)[O-])cc2)C1.